The molecule has 0 unspecified atom stereocenters. The topological polar surface area (TPSA) is 74.6 Å². The van der Waals surface area contributed by atoms with E-state index in [1.165, 1.54) is 24.3 Å². The van der Waals surface area contributed by atoms with Gasteiger partial charge in [0.25, 0.3) is 0 Å². The van der Waals surface area contributed by atoms with Gasteiger partial charge in [0.1, 0.15) is 0 Å². The van der Waals surface area contributed by atoms with E-state index >= 15 is 0 Å². The van der Waals surface area contributed by atoms with Gasteiger partial charge in [-0.3, -0.25) is 4.79 Å². The predicted octanol–water partition coefficient (Wildman–Crippen LogP) is 6.22. The Hall–Kier alpha value is -3.45. The molecular formula is C28H27F3O4. The smallest absolute Gasteiger partial charge is 0.416 e. The summed E-state index contributed by atoms with van der Waals surface area (Å²) in [5.41, 5.74) is 1.05. The molecule has 0 aromatic heterocycles. The summed E-state index contributed by atoms with van der Waals surface area (Å²) in [5.74, 6) is -1.83. The van der Waals surface area contributed by atoms with E-state index < -0.39 is 29.7 Å². The van der Waals surface area contributed by atoms with Crippen LogP contribution in [0.3, 0.4) is 0 Å². The first kappa shape index (κ1) is 26.2. The number of aliphatic hydroxyl groups excluding tert-OH is 1. The average molecular weight is 485 g/mol. The first-order chi connectivity index (χ1) is 16.6. The lowest BCUT2D eigenvalue weighted by Crippen LogP contribution is -2.26. The number of halogens is 3. The number of alkyl halides is 3. The van der Waals surface area contributed by atoms with Crippen LogP contribution in [-0.4, -0.2) is 28.1 Å². The second-order valence-electron chi connectivity index (χ2n) is 8.62. The van der Waals surface area contributed by atoms with E-state index in [4.69, 9.17) is 0 Å². The third-order valence-electron chi connectivity index (χ3n) is 5.98. The molecule has 35 heavy (non-hydrogen) atoms. The number of carbonyl (C=O) groups is 2. The second kappa shape index (κ2) is 11.8. The predicted molar refractivity (Wildman–Crippen MR) is 126 cm³/mol. The molecule has 3 rings (SSSR count). The fourth-order valence-electron chi connectivity index (χ4n) is 4.10. The molecule has 0 spiro atoms. The number of hydrogen-bond donors (Lipinski definition) is 2. The van der Waals surface area contributed by atoms with Gasteiger partial charge in [0.15, 0.2) is 5.78 Å². The summed E-state index contributed by atoms with van der Waals surface area (Å²) in [6, 6.07) is 20.3. The Morgan fingerprint density at radius 1 is 0.829 bits per heavy atom. The lowest BCUT2D eigenvalue weighted by Gasteiger charge is -2.23. The van der Waals surface area contributed by atoms with Crippen LogP contribution >= 0.6 is 0 Å². The summed E-state index contributed by atoms with van der Waals surface area (Å²) < 4.78 is 38.9. The molecule has 2 N–H and O–H groups in total. The van der Waals surface area contributed by atoms with Crippen LogP contribution in [0.2, 0.25) is 0 Å². The normalized spacial score (nSPS) is 13.3. The molecule has 3 aromatic rings. The van der Waals surface area contributed by atoms with Gasteiger partial charge in [-0.25, -0.2) is 4.79 Å². The van der Waals surface area contributed by atoms with E-state index in [2.05, 4.69) is 0 Å². The zero-order valence-electron chi connectivity index (χ0n) is 19.0. The first-order valence-corrected chi connectivity index (χ1v) is 11.4. The van der Waals surface area contributed by atoms with Crippen molar-refractivity contribution in [1.82, 2.24) is 0 Å². The molecule has 0 bridgehead atoms. The van der Waals surface area contributed by atoms with Crippen LogP contribution in [0.25, 0.3) is 0 Å². The highest BCUT2D eigenvalue weighted by Gasteiger charge is 2.30. The van der Waals surface area contributed by atoms with E-state index in [1.807, 2.05) is 30.3 Å². The minimum absolute atomic E-state index is 0.0112. The molecular weight excluding hydrogens is 457 g/mol. The summed E-state index contributed by atoms with van der Waals surface area (Å²) >= 11 is 0. The standard InChI is InChI=1S/C28H27F3O4/c29-28(30,31)24-13-4-9-20(16-24)10-5-14-25(32)23(15-19-7-2-1-3-8-19)18-26(33)21-11-6-12-22(17-21)27(34)35/h1-4,6-9,11-13,16-17,23,25,32H,5,10,14-15,18H2,(H,34,35)/t23-,25-/m1/s1. The SMILES string of the molecule is O=C(O)c1cccc(C(=O)C[C@@H](Cc2ccccc2)[C@H](O)CCCc2cccc(C(F)(F)F)c2)c1. The number of Topliss-reactive ketones (excluding diaryl/α,β-unsaturated/α-hetero) is 1. The van der Waals surface area contributed by atoms with Crippen molar-refractivity contribution in [2.75, 3.05) is 0 Å². The van der Waals surface area contributed by atoms with Crippen molar-refractivity contribution in [3.8, 4) is 0 Å². The molecule has 0 saturated carbocycles. The molecule has 0 aliphatic carbocycles. The molecule has 0 fully saturated rings. The highest BCUT2D eigenvalue weighted by molar-refractivity contribution is 5.98. The van der Waals surface area contributed by atoms with E-state index in [0.29, 0.717) is 31.2 Å². The van der Waals surface area contributed by atoms with Crippen LogP contribution in [-0.2, 0) is 19.0 Å². The molecule has 4 nitrogen and oxygen atoms in total. The number of carbonyl (C=O) groups excluding carboxylic acids is 1. The maximum absolute atomic E-state index is 13.0. The summed E-state index contributed by atoms with van der Waals surface area (Å²) in [5, 5.41) is 20.1. The Morgan fingerprint density at radius 2 is 1.49 bits per heavy atom. The van der Waals surface area contributed by atoms with Gasteiger partial charge in [-0.15, -0.1) is 0 Å². The van der Waals surface area contributed by atoms with Gasteiger partial charge >= 0.3 is 12.1 Å². The molecule has 0 amide bonds. The van der Waals surface area contributed by atoms with Crippen molar-refractivity contribution in [3.63, 3.8) is 0 Å². The second-order valence-corrected chi connectivity index (χ2v) is 8.62. The van der Waals surface area contributed by atoms with Crippen LogP contribution in [0.5, 0.6) is 0 Å². The van der Waals surface area contributed by atoms with Gasteiger partial charge in [-0.05, 0) is 60.9 Å². The summed E-state index contributed by atoms with van der Waals surface area (Å²) in [7, 11) is 0. The summed E-state index contributed by atoms with van der Waals surface area (Å²) in [6.45, 7) is 0. The maximum Gasteiger partial charge on any atom is 0.416 e. The lowest BCUT2D eigenvalue weighted by atomic mass is 9.85. The number of benzene rings is 3. The average Bonchev–Trinajstić information content (AvgIpc) is 2.84. The number of rotatable bonds is 11. The maximum atomic E-state index is 13.0. The summed E-state index contributed by atoms with van der Waals surface area (Å²) in [4.78, 5) is 24.2. The van der Waals surface area contributed by atoms with Gasteiger partial charge in [-0.1, -0.05) is 60.7 Å². The number of carboxylic acid groups (broad SMARTS) is 1. The number of ketones is 1. The Kier molecular flexibility index (Phi) is 8.82. The molecule has 0 saturated heterocycles. The Balaban J connectivity index is 1.68. The van der Waals surface area contributed by atoms with Crippen molar-refractivity contribution in [2.24, 2.45) is 5.92 Å². The van der Waals surface area contributed by atoms with E-state index in [9.17, 15) is 33.0 Å². The molecule has 3 aromatic carbocycles. The van der Waals surface area contributed by atoms with Gasteiger partial charge in [0.2, 0.25) is 0 Å². The van der Waals surface area contributed by atoms with Crippen LogP contribution in [0.15, 0.2) is 78.9 Å². The van der Waals surface area contributed by atoms with E-state index in [1.54, 1.807) is 12.1 Å². The highest BCUT2D eigenvalue weighted by Crippen LogP contribution is 2.30. The molecule has 7 heteroatoms. The van der Waals surface area contributed by atoms with Crippen molar-refractivity contribution >= 4 is 11.8 Å². The molecule has 0 aliphatic rings. The molecule has 2 atom stereocenters. The van der Waals surface area contributed by atoms with E-state index in [0.717, 1.165) is 17.7 Å². The number of aryl methyl sites for hydroxylation is 1. The number of hydrogen-bond acceptors (Lipinski definition) is 3. The van der Waals surface area contributed by atoms with Crippen molar-refractivity contribution in [2.45, 2.75) is 44.4 Å². The quantitative estimate of drug-likeness (QED) is 0.317. The largest absolute Gasteiger partial charge is 0.478 e. The first-order valence-electron chi connectivity index (χ1n) is 11.4. The zero-order valence-corrected chi connectivity index (χ0v) is 19.0. The van der Waals surface area contributed by atoms with Crippen molar-refractivity contribution < 1.29 is 33.0 Å². The molecule has 184 valence electrons. The van der Waals surface area contributed by atoms with Crippen LogP contribution in [0, 0.1) is 5.92 Å². The van der Waals surface area contributed by atoms with Gasteiger partial charge in [0.05, 0.1) is 17.2 Å². The van der Waals surface area contributed by atoms with Gasteiger partial charge in [-0.2, -0.15) is 13.2 Å². The molecule has 0 heterocycles. The lowest BCUT2D eigenvalue weighted by molar-refractivity contribution is -0.137. The molecule has 0 aliphatic heterocycles. The number of aliphatic hydroxyl groups is 1. The fraction of sp³-hybridized carbons (Fsp3) is 0.286. The number of carboxylic acids is 1. The Bertz CT molecular complexity index is 1140. The fourth-order valence-corrected chi connectivity index (χ4v) is 4.10. The van der Waals surface area contributed by atoms with Gasteiger partial charge < -0.3 is 10.2 Å². The van der Waals surface area contributed by atoms with Crippen LogP contribution in [0.4, 0.5) is 13.2 Å². The minimum atomic E-state index is -4.41. The van der Waals surface area contributed by atoms with E-state index in [-0.39, 0.29) is 23.3 Å². The highest BCUT2D eigenvalue weighted by atomic mass is 19.4. The number of aromatic carboxylic acids is 1. The van der Waals surface area contributed by atoms with Crippen molar-refractivity contribution in [3.05, 3.63) is 107 Å². The Morgan fingerprint density at radius 3 is 2.17 bits per heavy atom. The zero-order chi connectivity index (χ0) is 25.4. The van der Waals surface area contributed by atoms with Crippen LogP contribution in [0.1, 0.15) is 56.7 Å². The van der Waals surface area contributed by atoms with Gasteiger partial charge in [0, 0.05) is 12.0 Å². The molecule has 0 radical (unpaired) electrons. The third-order valence-corrected chi connectivity index (χ3v) is 5.98. The summed E-state index contributed by atoms with van der Waals surface area (Å²) in [6.07, 6.45) is -3.67. The minimum Gasteiger partial charge on any atom is -0.478 e. The van der Waals surface area contributed by atoms with Crippen LogP contribution < -0.4 is 0 Å². The monoisotopic (exact) mass is 484 g/mol. The Labute approximate surface area is 202 Å². The van der Waals surface area contributed by atoms with Crippen molar-refractivity contribution in [1.29, 1.82) is 0 Å². The third kappa shape index (κ3) is 7.79.